The summed E-state index contributed by atoms with van der Waals surface area (Å²) in [5.74, 6) is 0. The Morgan fingerprint density at radius 2 is 1.72 bits per heavy atom. The second kappa shape index (κ2) is 4.78. The first-order chi connectivity index (χ1) is 11.5. The van der Waals surface area contributed by atoms with Crippen molar-refractivity contribution in [3.63, 3.8) is 0 Å². The normalized spacial score (nSPS) is 31.3. The Bertz CT molecular complexity index is 904. The van der Waals surface area contributed by atoms with E-state index in [4.69, 9.17) is 0 Å². The Hall–Kier alpha value is -1.11. The quantitative estimate of drug-likeness (QED) is 0.469. The maximum Gasteiger partial charge on any atom is 0.190 e. The highest BCUT2D eigenvalue weighted by molar-refractivity contribution is 5.89. The number of para-hydroxylation sites is 2. The zero-order chi connectivity index (χ0) is 16.4. The van der Waals surface area contributed by atoms with Crippen LogP contribution in [0.4, 0.5) is 17.1 Å². The van der Waals surface area contributed by atoms with Gasteiger partial charge in [0.1, 0.15) is 11.7 Å². The number of rotatable bonds is 1. The molecular weight excluding hydrogens is 421 g/mol. The zero-order valence-corrected chi connectivity index (χ0v) is 17.3. The van der Waals surface area contributed by atoms with Crippen LogP contribution >= 0.6 is 0 Å². The molecule has 0 bridgehead atoms. The highest BCUT2D eigenvalue weighted by atomic mass is 127. The van der Waals surface area contributed by atoms with Crippen molar-refractivity contribution in [3.8, 4) is 0 Å². The molecule has 0 saturated carbocycles. The Kier molecular flexibility index (Phi) is 3.08. The molecule has 3 nitrogen and oxygen atoms in total. The fourth-order valence-corrected chi connectivity index (χ4v) is 5.67. The van der Waals surface area contributed by atoms with Gasteiger partial charge in [0.05, 0.1) is 17.8 Å². The highest BCUT2D eigenvalue weighted by Crippen LogP contribution is 2.59. The lowest BCUT2D eigenvalue weighted by atomic mass is 9.72. The highest BCUT2D eigenvalue weighted by Gasteiger charge is 2.63. The molecule has 2 N–H and O–H groups in total. The summed E-state index contributed by atoms with van der Waals surface area (Å²) in [6.45, 7) is 9.50. The lowest BCUT2D eigenvalue weighted by Crippen LogP contribution is -3.15. The first-order valence-corrected chi connectivity index (χ1v) is 9.21. The van der Waals surface area contributed by atoms with Crippen LogP contribution in [-0.4, -0.2) is 18.2 Å². The maximum absolute atomic E-state index is 3.79. The molecule has 4 unspecified atom stereocenters. The zero-order valence-electron chi connectivity index (χ0n) is 15.1. The van der Waals surface area contributed by atoms with Gasteiger partial charge >= 0.3 is 0 Å². The summed E-state index contributed by atoms with van der Waals surface area (Å²) in [6, 6.07) is 15.6. The van der Waals surface area contributed by atoms with E-state index in [1.807, 2.05) is 0 Å². The number of hydrogen-bond donors (Lipinski definition) is 2. The fourth-order valence-electron chi connectivity index (χ4n) is 5.67. The molecule has 4 aliphatic heterocycles. The summed E-state index contributed by atoms with van der Waals surface area (Å²) >= 11 is 0. The average Bonchev–Trinajstić information content (AvgIpc) is 3.27. The number of nitrogens with zero attached hydrogens (tertiary/aromatic N) is 1. The molecule has 25 heavy (non-hydrogen) atoms. The minimum Gasteiger partial charge on any atom is -1.00 e. The number of nitrogens with one attached hydrogen (secondary N) is 2. The SMILES string of the molecule is CC(C)[NH+]1c2cccc3c2N2c4c(cccc4C3(C)C)C3NC3C21.[I-]. The van der Waals surface area contributed by atoms with Gasteiger partial charge in [-0.1, -0.05) is 44.2 Å². The van der Waals surface area contributed by atoms with Crippen LogP contribution in [0.25, 0.3) is 0 Å². The van der Waals surface area contributed by atoms with Gasteiger partial charge in [0.25, 0.3) is 0 Å². The van der Waals surface area contributed by atoms with Crippen LogP contribution in [0.1, 0.15) is 50.4 Å². The molecular formula is C21H24IN3. The van der Waals surface area contributed by atoms with E-state index in [-0.39, 0.29) is 29.4 Å². The van der Waals surface area contributed by atoms with Crippen LogP contribution in [0.3, 0.4) is 0 Å². The second-order valence-electron chi connectivity index (χ2n) is 8.67. The van der Waals surface area contributed by atoms with Crippen LogP contribution in [0.5, 0.6) is 0 Å². The van der Waals surface area contributed by atoms with E-state index in [0.29, 0.717) is 24.3 Å². The summed E-state index contributed by atoms with van der Waals surface area (Å²) in [6.07, 6.45) is 0.496. The summed E-state index contributed by atoms with van der Waals surface area (Å²) in [4.78, 5) is 4.32. The van der Waals surface area contributed by atoms with Gasteiger partial charge in [-0.05, 0) is 30.5 Å². The molecule has 2 aromatic rings. The minimum absolute atomic E-state index is 0. The molecule has 0 aliphatic carbocycles. The van der Waals surface area contributed by atoms with Gasteiger partial charge in [0.15, 0.2) is 11.9 Å². The first kappa shape index (κ1) is 16.1. The van der Waals surface area contributed by atoms with Crippen molar-refractivity contribution in [2.75, 3.05) is 4.90 Å². The molecule has 4 heterocycles. The number of anilines is 2. The van der Waals surface area contributed by atoms with Gasteiger partial charge in [-0.2, -0.15) is 0 Å². The third-order valence-corrected chi connectivity index (χ3v) is 6.76. The van der Waals surface area contributed by atoms with Gasteiger partial charge in [-0.25, -0.2) is 0 Å². The van der Waals surface area contributed by atoms with Crippen molar-refractivity contribution in [2.45, 2.75) is 57.4 Å². The second-order valence-corrected chi connectivity index (χ2v) is 8.67. The van der Waals surface area contributed by atoms with E-state index >= 15 is 0 Å². The van der Waals surface area contributed by atoms with Gasteiger partial charge in [0, 0.05) is 11.5 Å². The van der Waals surface area contributed by atoms with Crippen molar-refractivity contribution < 1.29 is 28.9 Å². The van der Waals surface area contributed by atoms with Gasteiger partial charge in [-0.15, -0.1) is 0 Å². The molecule has 4 heteroatoms. The lowest BCUT2D eigenvalue weighted by molar-refractivity contribution is -0.875. The van der Waals surface area contributed by atoms with Crippen LogP contribution in [0, 0.1) is 0 Å². The number of fused-ring (bicyclic) bond motifs is 3. The molecule has 1 fully saturated rings. The van der Waals surface area contributed by atoms with Crippen LogP contribution in [-0.2, 0) is 5.41 Å². The molecule has 0 aromatic heterocycles. The lowest BCUT2D eigenvalue weighted by Gasteiger charge is -2.43. The topological polar surface area (TPSA) is 29.6 Å². The molecule has 6 rings (SSSR count). The number of hydrogen-bond acceptors (Lipinski definition) is 2. The predicted octanol–water partition coefficient (Wildman–Crippen LogP) is -0.241. The number of benzene rings is 2. The molecule has 0 radical (unpaired) electrons. The predicted molar refractivity (Wildman–Crippen MR) is 96.4 cm³/mol. The number of halogens is 1. The van der Waals surface area contributed by atoms with E-state index in [9.17, 15) is 0 Å². The van der Waals surface area contributed by atoms with Crippen LogP contribution in [0.15, 0.2) is 36.4 Å². The first-order valence-electron chi connectivity index (χ1n) is 9.21. The third kappa shape index (κ3) is 1.69. The van der Waals surface area contributed by atoms with E-state index < -0.39 is 0 Å². The molecule has 130 valence electrons. The fraction of sp³-hybridized carbons (Fsp3) is 0.429. The van der Waals surface area contributed by atoms with Crippen molar-refractivity contribution in [2.24, 2.45) is 0 Å². The maximum atomic E-state index is 3.79. The monoisotopic (exact) mass is 445 g/mol. The Morgan fingerprint density at radius 3 is 2.44 bits per heavy atom. The van der Waals surface area contributed by atoms with Crippen molar-refractivity contribution in [1.29, 1.82) is 0 Å². The molecule has 0 amide bonds. The molecule has 4 aliphatic rings. The van der Waals surface area contributed by atoms with Gasteiger partial charge in [0.2, 0.25) is 0 Å². The summed E-state index contributed by atoms with van der Waals surface area (Å²) in [7, 11) is 0. The van der Waals surface area contributed by atoms with Crippen LogP contribution < -0.4 is 39.1 Å². The summed E-state index contributed by atoms with van der Waals surface area (Å²) < 4.78 is 0. The van der Waals surface area contributed by atoms with Crippen molar-refractivity contribution in [3.05, 3.63) is 53.1 Å². The van der Waals surface area contributed by atoms with Gasteiger partial charge in [-0.3, -0.25) is 15.1 Å². The largest absolute Gasteiger partial charge is 1.00 e. The van der Waals surface area contributed by atoms with Crippen molar-refractivity contribution >= 4 is 17.1 Å². The Morgan fingerprint density at radius 1 is 1.04 bits per heavy atom. The molecule has 4 atom stereocenters. The van der Waals surface area contributed by atoms with E-state index in [0.717, 1.165) is 0 Å². The Labute approximate surface area is 166 Å². The van der Waals surface area contributed by atoms with E-state index in [1.54, 1.807) is 4.90 Å². The standard InChI is InChI=1S/C21H23N3.HI/c1-11(2)23-15-10-6-9-14-19(15)24-18-12(16-17(22-16)20(23)24)7-5-8-13(18)21(14,3)4;/h5-11,16-17,20,22H,1-4H3;1H. The minimum atomic E-state index is 0. The van der Waals surface area contributed by atoms with E-state index in [1.165, 1.54) is 33.8 Å². The molecule has 2 aromatic carbocycles. The van der Waals surface area contributed by atoms with Crippen LogP contribution in [0.2, 0.25) is 0 Å². The average molecular weight is 445 g/mol. The molecule has 0 spiro atoms. The van der Waals surface area contributed by atoms with Gasteiger partial charge < -0.3 is 24.0 Å². The smallest absolute Gasteiger partial charge is 0.190 e. The van der Waals surface area contributed by atoms with Crippen molar-refractivity contribution in [1.82, 2.24) is 5.32 Å². The third-order valence-electron chi connectivity index (χ3n) is 6.76. The number of quaternary nitrogens is 1. The summed E-state index contributed by atoms with van der Waals surface area (Å²) in [5, 5.41) is 3.79. The van der Waals surface area contributed by atoms with E-state index in [2.05, 4.69) is 74.3 Å². The summed E-state index contributed by atoms with van der Waals surface area (Å²) in [5.41, 5.74) is 9.03. The Balaban J connectivity index is 0.00000140. The molecule has 1 saturated heterocycles.